The molecule has 3 aromatic rings. The molecule has 0 radical (unpaired) electrons. The minimum atomic E-state index is -0.187. The van der Waals surface area contributed by atoms with Crippen LogP contribution in [-0.4, -0.2) is 32.6 Å². The Morgan fingerprint density at radius 2 is 2.18 bits per heavy atom. The molecule has 1 N–H and O–H groups in total. The minimum Gasteiger partial charge on any atom is -0.361 e. The standard InChI is InChI=1S/C16H17FN4S/c17-12-1-2-14-15(8-18-16(14)7-12)11-3-5-21(6-4-11)9-13-10-22-20-19-13/h1-2,7-8,10-11,18H,3-6,9H2. The van der Waals surface area contributed by atoms with Gasteiger partial charge < -0.3 is 4.98 Å². The number of aromatic amines is 1. The highest BCUT2D eigenvalue weighted by Gasteiger charge is 2.23. The molecular formula is C16H17FN4S. The molecule has 1 saturated heterocycles. The Kier molecular flexibility index (Phi) is 3.63. The lowest BCUT2D eigenvalue weighted by molar-refractivity contribution is 0.203. The van der Waals surface area contributed by atoms with E-state index in [4.69, 9.17) is 0 Å². The van der Waals surface area contributed by atoms with Crippen LogP contribution in [0.1, 0.15) is 30.0 Å². The molecule has 6 heteroatoms. The number of nitrogens with zero attached hydrogens (tertiary/aromatic N) is 3. The van der Waals surface area contributed by atoms with E-state index < -0.39 is 0 Å². The van der Waals surface area contributed by atoms with E-state index in [1.807, 2.05) is 11.4 Å². The van der Waals surface area contributed by atoms with E-state index in [1.54, 1.807) is 12.1 Å². The van der Waals surface area contributed by atoms with Gasteiger partial charge in [-0.25, -0.2) is 4.39 Å². The topological polar surface area (TPSA) is 44.8 Å². The lowest BCUT2D eigenvalue weighted by atomic mass is 9.89. The van der Waals surface area contributed by atoms with E-state index in [2.05, 4.69) is 25.7 Å². The molecular weight excluding hydrogens is 299 g/mol. The maximum atomic E-state index is 13.3. The van der Waals surface area contributed by atoms with E-state index in [0.29, 0.717) is 5.92 Å². The first kappa shape index (κ1) is 13.8. The molecule has 3 heterocycles. The zero-order valence-electron chi connectivity index (χ0n) is 12.1. The highest BCUT2D eigenvalue weighted by molar-refractivity contribution is 7.03. The number of rotatable bonds is 3. The van der Waals surface area contributed by atoms with E-state index in [0.717, 1.165) is 49.1 Å². The van der Waals surface area contributed by atoms with Crippen LogP contribution in [-0.2, 0) is 6.54 Å². The Balaban J connectivity index is 1.46. The first-order valence-electron chi connectivity index (χ1n) is 7.54. The van der Waals surface area contributed by atoms with Gasteiger partial charge in [-0.05, 0) is 67.1 Å². The van der Waals surface area contributed by atoms with E-state index in [-0.39, 0.29) is 5.82 Å². The summed E-state index contributed by atoms with van der Waals surface area (Å²) in [6.45, 7) is 3.02. The summed E-state index contributed by atoms with van der Waals surface area (Å²) < 4.78 is 17.2. The summed E-state index contributed by atoms with van der Waals surface area (Å²) in [6.07, 6.45) is 4.30. The Morgan fingerprint density at radius 3 is 2.95 bits per heavy atom. The van der Waals surface area contributed by atoms with Crippen molar-refractivity contribution in [3.63, 3.8) is 0 Å². The molecule has 0 aliphatic carbocycles. The third-order valence-electron chi connectivity index (χ3n) is 4.49. The fourth-order valence-corrected chi connectivity index (χ4v) is 3.79. The van der Waals surface area contributed by atoms with Crippen LogP contribution in [0.4, 0.5) is 4.39 Å². The molecule has 4 rings (SSSR count). The van der Waals surface area contributed by atoms with Crippen LogP contribution >= 0.6 is 11.5 Å². The number of likely N-dealkylation sites (tertiary alicyclic amines) is 1. The summed E-state index contributed by atoms with van der Waals surface area (Å²) >= 11 is 1.41. The van der Waals surface area contributed by atoms with Gasteiger partial charge in [0, 0.05) is 29.0 Å². The summed E-state index contributed by atoms with van der Waals surface area (Å²) in [7, 11) is 0. The Labute approximate surface area is 132 Å². The summed E-state index contributed by atoms with van der Waals surface area (Å²) in [5.74, 6) is 0.358. The molecule has 2 aromatic heterocycles. The number of halogens is 1. The van der Waals surface area contributed by atoms with Crippen LogP contribution < -0.4 is 0 Å². The zero-order valence-corrected chi connectivity index (χ0v) is 12.9. The maximum absolute atomic E-state index is 13.3. The zero-order chi connectivity index (χ0) is 14.9. The first-order chi connectivity index (χ1) is 10.8. The van der Waals surface area contributed by atoms with Crippen LogP contribution in [0.25, 0.3) is 10.9 Å². The van der Waals surface area contributed by atoms with Gasteiger partial charge >= 0.3 is 0 Å². The average molecular weight is 316 g/mol. The number of fused-ring (bicyclic) bond motifs is 1. The van der Waals surface area contributed by atoms with E-state index >= 15 is 0 Å². The molecule has 1 fully saturated rings. The van der Waals surface area contributed by atoms with Crippen LogP contribution in [0.5, 0.6) is 0 Å². The summed E-state index contributed by atoms with van der Waals surface area (Å²) in [6, 6.07) is 5.01. The van der Waals surface area contributed by atoms with Gasteiger partial charge in [-0.2, -0.15) is 0 Å². The monoisotopic (exact) mass is 316 g/mol. The van der Waals surface area contributed by atoms with Gasteiger partial charge in [0.25, 0.3) is 0 Å². The predicted octanol–water partition coefficient (Wildman–Crippen LogP) is 3.54. The summed E-state index contributed by atoms with van der Waals surface area (Å²) in [5.41, 5.74) is 3.28. The SMILES string of the molecule is Fc1ccc2c(C3CCN(Cc4csnn4)CC3)c[nH]c2c1. The van der Waals surface area contributed by atoms with Crippen molar-refractivity contribution in [2.75, 3.05) is 13.1 Å². The predicted molar refractivity (Wildman–Crippen MR) is 85.4 cm³/mol. The molecule has 1 aliphatic heterocycles. The van der Waals surface area contributed by atoms with Crippen LogP contribution in [0, 0.1) is 5.82 Å². The van der Waals surface area contributed by atoms with Gasteiger partial charge in [0.15, 0.2) is 0 Å². The lowest BCUT2D eigenvalue weighted by Gasteiger charge is -2.31. The van der Waals surface area contributed by atoms with E-state index in [9.17, 15) is 4.39 Å². The fraction of sp³-hybridized carbons (Fsp3) is 0.375. The molecule has 1 aromatic carbocycles. The van der Waals surface area contributed by atoms with Crippen LogP contribution in [0.3, 0.4) is 0 Å². The molecule has 0 bridgehead atoms. The summed E-state index contributed by atoms with van der Waals surface area (Å²) in [4.78, 5) is 5.64. The van der Waals surface area contributed by atoms with Gasteiger partial charge in [-0.1, -0.05) is 4.49 Å². The number of hydrogen-bond donors (Lipinski definition) is 1. The number of nitrogens with one attached hydrogen (secondary N) is 1. The first-order valence-corrected chi connectivity index (χ1v) is 8.38. The van der Waals surface area contributed by atoms with Gasteiger partial charge in [-0.3, -0.25) is 4.90 Å². The normalized spacial score (nSPS) is 17.3. The summed E-state index contributed by atoms with van der Waals surface area (Å²) in [5, 5.41) is 7.29. The number of piperidine rings is 1. The number of benzene rings is 1. The second kappa shape index (κ2) is 5.78. The third-order valence-corrected chi connectivity index (χ3v) is 5.05. The van der Waals surface area contributed by atoms with Crippen molar-refractivity contribution in [1.29, 1.82) is 0 Å². The highest BCUT2D eigenvalue weighted by Crippen LogP contribution is 2.33. The molecule has 0 spiro atoms. The minimum absolute atomic E-state index is 0.187. The van der Waals surface area contributed by atoms with Gasteiger partial charge in [0.1, 0.15) is 5.82 Å². The van der Waals surface area contributed by atoms with Crippen LogP contribution in [0.15, 0.2) is 29.8 Å². The largest absolute Gasteiger partial charge is 0.361 e. The van der Waals surface area contributed by atoms with Crippen molar-refractivity contribution in [2.45, 2.75) is 25.3 Å². The highest BCUT2D eigenvalue weighted by atomic mass is 32.1. The van der Waals surface area contributed by atoms with Gasteiger partial charge in [-0.15, -0.1) is 5.10 Å². The van der Waals surface area contributed by atoms with Gasteiger partial charge in [0.2, 0.25) is 0 Å². The molecule has 0 saturated carbocycles. The van der Waals surface area contributed by atoms with Crippen molar-refractivity contribution in [3.8, 4) is 0 Å². The van der Waals surface area contributed by atoms with Crippen molar-refractivity contribution < 1.29 is 4.39 Å². The number of aromatic nitrogens is 3. The number of H-pyrrole nitrogens is 1. The lowest BCUT2D eigenvalue weighted by Crippen LogP contribution is -2.32. The van der Waals surface area contributed by atoms with Crippen molar-refractivity contribution in [2.24, 2.45) is 0 Å². The molecule has 0 amide bonds. The number of hydrogen-bond acceptors (Lipinski definition) is 4. The fourth-order valence-electron chi connectivity index (χ4n) is 3.34. The van der Waals surface area contributed by atoms with Gasteiger partial charge in [0.05, 0.1) is 5.69 Å². The molecule has 0 unspecified atom stereocenters. The average Bonchev–Trinajstić information content (AvgIpc) is 3.17. The molecule has 22 heavy (non-hydrogen) atoms. The third kappa shape index (κ3) is 2.64. The maximum Gasteiger partial charge on any atom is 0.125 e. The molecule has 0 atom stereocenters. The second-order valence-corrected chi connectivity index (χ2v) is 6.49. The molecule has 1 aliphatic rings. The Morgan fingerprint density at radius 1 is 1.32 bits per heavy atom. The quantitative estimate of drug-likeness (QED) is 0.804. The van der Waals surface area contributed by atoms with Crippen LogP contribution in [0.2, 0.25) is 0 Å². The Hall–Kier alpha value is -1.79. The Bertz CT molecular complexity index is 760. The molecule has 114 valence electrons. The van der Waals surface area contributed by atoms with E-state index in [1.165, 1.54) is 17.1 Å². The van der Waals surface area contributed by atoms with Crippen molar-refractivity contribution in [3.05, 3.63) is 46.9 Å². The van der Waals surface area contributed by atoms with Crippen molar-refractivity contribution >= 4 is 22.4 Å². The second-order valence-electron chi connectivity index (χ2n) is 5.88. The molecule has 4 nitrogen and oxygen atoms in total. The van der Waals surface area contributed by atoms with Crippen molar-refractivity contribution in [1.82, 2.24) is 19.5 Å². The smallest absolute Gasteiger partial charge is 0.125 e.